The summed E-state index contributed by atoms with van der Waals surface area (Å²) in [6.07, 6.45) is 1.86. The van der Waals surface area contributed by atoms with Crippen molar-refractivity contribution in [3.8, 4) is 11.3 Å². The highest BCUT2D eigenvalue weighted by Gasteiger charge is 2.20. The zero-order valence-corrected chi connectivity index (χ0v) is 9.89. The molecule has 3 rings (SSSR count). The third-order valence-electron chi connectivity index (χ3n) is 2.85. The van der Waals surface area contributed by atoms with E-state index in [0.29, 0.717) is 5.15 Å². The van der Waals surface area contributed by atoms with Gasteiger partial charge in [-0.2, -0.15) is 0 Å². The summed E-state index contributed by atoms with van der Waals surface area (Å²) >= 11 is 11.9. The van der Waals surface area contributed by atoms with E-state index in [4.69, 9.17) is 23.2 Å². The predicted molar refractivity (Wildman–Crippen MR) is 64.9 cm³/mol. The van der Waals surface area contributed by atoms with E-state index in [2.05, 4.69) is 16.0 Å². The van der Waals surface area contributed by atoms with Crippen molar-refractivity contribution in [2.45, 2.75) is 12.8 Å². The molecule has 0 unspecified atom stereocenters. The summed E-state index contributed by atoms with van der Waals surface area (Å²) in [5.74, 6) is 0. The first-order chi connectivity index (χ1) is 7.75. The van der Waals surface area contributed by atoms with Crippen LogP contribution in [0.5, 0.6) is 0 Å². The molecular formula is C12H8Cl2N2. The maximum absolute atomic E-state index is 6.08. The number of nitrogens with zero attached hydrogens (tertiary/aromatic N) is 2. The van der Waals surface area contributed by atoms with Crippen molar-refractivity contribution in [2.75, 3.05) is 0 Å². The Hall–Kier alpha value is -1.12. The molecule has 0 N–H and O–H groups in total. The van der Waals surface area contributed by atoms with Gasteiger partial charge in [-0.25, -0.2) is 9.97 Å². The van der Waals surface area contributed by atoms with E-state index in [1.165, 1.54) is 5.56 Å². The molecule has 1 aliphatic rings. The van der Waals surface area contributed by atoms with Gasteiger partial charge >= 0.3 is 0 Å². The fourth-order valence-electron chi connectivity index (χ4n) is 2.10. The van der Waals surface area contributed by atoms with Gasteiger partial charge in [0.2, 0.25) is 5.28 Å². The molecule has 0 spiro atoms. The molecule has 0 saturated heterocycles. The lowest BCUT2D eigenvalue weighted by molar-refractivity contribution is 0.911. The Labute approximate surface area is 103 Å². The highest BCUT2D eigenvalue weighted by Crippen LogP contribution is 2.35. The molecule has 0 bridgehead atoms. The van der Waals surface area contributed by atoms with Crippen LogP contribution in [0.15, 0.2) is 24.3 Å². The Balaban J connectivity index is 2.31. The Morgan fingerprint density at radius 1 is 1.00 bits per heavy atom. The minimum absolute atomic E-state index is 0.209. The summed E-state index contributed by atoms with van der Waals surface area (Å²) in [5.41, 5.74) is 4.30. The number of rotatable bonds is 0. The van der Waals surface area contributed by atoms with Gasteiger partial charge in [-0.1, -0.05) is 35.9 Å². The van der Waals surface area contributed by atoms with Crippen LogP contribution in [0.1, 0.15) is 11.1 Å². The van der Waals surface area contributed by atoms with Crippen LogP contribution in [0.25, 0.3) is 11.3 Å². The molecule has 1 aromatic heterocycles. The molecule has 0 atom stereocenters. The molecule has 1 aliphatic carbocycles. The zero-order chi connectivity index (χ0) is 11.1. The van der Waals surface area contributed by atoms with E-state index in [1.54, 1.807) is 0 Å². The SMILES string of the molecule is Clc1nc(Cl)c2c(n1)-c1ccccc1CC2. The van der Waals surface area contributed by atoms with E-state index in [-0.39, 0.29) is 5.28 Å². The Bertz CT molecular complexity index is 567. The zero-order valence-electron chi connectivity index (χ0n) is 8.37. The average Bonchev–Trinajstić information content (AvgIpc) is 2.28. The first-order valence-electron chi connectivity index (χ1n) is 5.06. The highest BCUT2D eigenvalue weighted by molar-refractivity contribution is 6.32. The number of aromatic nitrogens is 2. The molecule has 2 aromatic rings. The summed E-state index contributed by atoms with van der Waals surface area (Å²) < 4.78 is 0. The normalized spacial score (nSPS) is 13.1. The van der Waals surface area contributed by atoms with Gasteiger partial charge in [-0.3, -0.25) is 0 Å². The van der Waals surface area contributed by atoms with E-state index >= 15 is 0 Å². The van der Waals surface area contributed by atoms with E-state index < -0.39 is 0 Å². The molecule has 1 aromatic carbocycles. The molecule has 2 nitrogen and oxygen atoms in total. The van der Waals surface area contributed by atoms with Gasteiger partial charge in [-0.05, 0) is 30.0 Å². The molecule has 0 radical (unpaired) electrons. The van der Waals surface area contributed by atoms with E-state index in [0.717, 1.165) is 29.7 Å². The van der Waals surface area contributed by atoms with Gasteiger partial charge in [0.25, 0.3) is 0 Å². The number of halogens is 2. The second-order valence-corrected chi connectivity index (χ2v) is 4.46. The molecule has 4 heteroatoms. The largest absolute Gasteiger partial charge is 0.224 e. The Morgan fingerprint density at radius 3 is 2.69 bits per heavy atom. The van der Waals surface area contributed by atoms with E-state index in [1.807, 2.05) is 18.2 Å². The maximum Gasteiger partial charge on any atom is 0.224 e. The van der Waals surface area contributed by atoms with Gasteiger partial charge in [-0.15, -0.1) is 0 Å². The van der Waals surface area contributed by atoms with Crippen molar-refractivity contribution in [3.05, 3.63) is 45.8 Å². The van der Waals surface area contributed by atoms with Gasteiger partial charge in [0.15, 0.2) is 0 Å². The standard InChI is InChI=1S/C12H8Cl2N2/c13-11-9-6-5-7-3-1-2-4-8(7)10(9)15-12(14)16-11/h1-4H,5-6H2. The molecule has 0 aliphatic heterocycles. The first kappa shape index (κ1) is 10.1. The lowest BCUT2D eigenvalue weighted by atomic mass is 9.90. The molecule has 0 fully saturated rings. The quantitative estimate of drug-likeness (QED) is 0.528. The van der Waals surface area contributed by atoms with Crippen molar-refractivity contribution in [1.29, 1.82) is 0 Å². The molecule has 16 heavy (non-hydrogen) atoms. The summed E-state index contributed by atoms with van der Waals surface area (Å²) in [4.78, 5) is 8.27. The van der Waals surface area contributed by atoms with Crippen LogP contribution < -0.4 is 0 Å². The lowest BCUT2D eigenvalue weighted by Crippen LogP contribution is -2.07. The Kier molecular flexibility index (Phi) is 2.34. The lowest BCUT2D eigenvalue weighted by Gasteiger charge is -2.19. The molecular weight excluding hydrogens is 243 g/mol. The van der Waals surface area contributed by atoms with Crippen molar-refractivity contribution >= 4 is 23.2 Å². The highest BCUT2D eigenvalue weighted by atomic mass is 35.5. The van der Waals surface area contributed by atoms with Gasteiger partial charge < -0.3 is 0 Å². The predicted octanol–water partition coefficient (Wildman–Crippen LogP) is 3.55. The van der Waals surface area contributed by atoms with Crippen LogP contribution in [0.2, 0.25) is 10.4 Å². The average molecular weight is 251 g/mol. The number of hydrogen-bond acceptors (Lipinski definition) is 2. The van der Waals surface area contributed by atoms with Crippen LogP contribution in [-0.4, -0.2) is 9.97 Å². The number of benzene rings is 1. The van der Waals surface area contributed by atoms with Crippen molar-refractivity contribution in [2.24, 2.45) is 0 Å². The van der Waals surface area contributed by atoms with Crippen molar-refractivity contribution in [3.63, 3.8) is 0 Å². The van der Waals surface area contributed by atoms with Gasteiger partial charge in [0, 0.05) is 11.1 Å². The van der Waals surface area contributed by atoms with Crippen LogP contribution in [-0.2, 0) is 12.8 Å². The fourth-order valence-corrected chi connectivity index (χ4v) is 2.58. The van der Waals surface area contributed by atoms with Gasteiger partial charge in [0.05, 0.1) is 5.69 Å². The van der Waals surface area contributed by atoms with Crippen LogP contribution in [0.3, 0.4) is 0 Å². The summed E-state index contributed by atoms with van der Waals surface area (Å²) in [5, 5.41) is 0.685. The van der Waals surface area contributed by atoms with E-state index in [9.17, 15) is 0 Å². The van der Waals surface area contributed by atoms with Crippen molar-refractivity contribution < 1.29 is 0 Å². The summed E-state index contributed by atoms with van der Waals surface area (Å²) in [6, 6.07) is 8.20. The summed E-state index contributed by atoms with van der Waals surface area (Å²) in [6.45, 7) is 0. The van der Waals surface area contributed by atoms with Crippen LogP contribution >= 0.6 is 23.2 Å². The van der Waals surface area contributed by atoms with Crippen LogP contribution in [0, 0.1) is 0 Å². The van der Waals surface area contributed by atoms with Gasteiger partial charge in [0.1, 0.15) is 5.15 Å². The number of hydrogen-bond donors (Lipinski definition) is 0. The Morgan fingerprint density at radius 2 is 1.81 bits per heavy atom. The second-order valence-electron chi connectivity index (χ2n) is 3.77. The van der Waals surface area contributed by atoms with Crippen molar-refractivity contribution in [1.82, 2.24) is 9.97 Å². The number of aryl methyl sites for hydroxylation is 1. The minimum atomic E-state index is 0.209. The summed E-state index contributed by atoms with van der Waals surface area (Å²) in [7, 11) is 0. The fraction of sp³-hybridized carbons (Fsp3) is 0.167. The first-order valence-corrected chi connectivity index (χ1v) is 5.81. The number of fused-ring (bicyclic) bond motifs is 3. The molecule has 80 valence electrons. The minimum Gasteiger partial charge on any atom is -0.217 e. The third kappa shape index (κ3) is 1.49. The molecule has 1 heterocycles. The maximum atomic E-state index is 6.08. The molecule has 0 amide bonds. The molecule has 0 saturated carbocycles. The third-order valence-corrected chi connectivity index (χ3v) is 3.33. The monoisotopic (exact) mass is 250 g/mol. The van der Waals surface area contributed by atoms with Crippen LogP contribution in [0.4, 0.5) is 0 Å². The second kappa shape index (κ2) is 3.72. The topological polar surface area (TPSA) is 25.8 Å². The smallest absolute Gasteiger partial charge is 0.217 e.